The Balaban J connectivity index is 2.27. The summed E-state index contributed by atoms with van der Waals surface area (Å²) in [5.74, 6) is -0.153. The molecule has 0 atom stereocenters. The molecule has 0 saturated heterocycles. The van der Waals surface area contributed by atoms with Crippen LogP contribution in [0.3, 0.4) is 0 Å². The van der Waals surface area contributed by atoms with Crippen LogP contribution >= 0.6 is 0 Å². The van der Waals surface area contributed by atoms with Gasteiger partial charge in [-0.15, -0.1) is 0 Å². The molecule has 0 spiro atoms. The van der Waals surface area contributed by atoms with Gasteiger partial charge in [0.2, 0.25) is 0 Å². The molecule has 0 amide bonds. The number of ketones is 1. The normalized spacial score (nSPS) is 10.8. The van der Waals surface area contributed by atoms with Gasteiger partial charge in [-0.1, -0.05) is 49.7 Å². The Morgan fingerprint density at radius 3 is 2.35 bits per heavy atom. The lowest BCUT2D eigenvalue weighted by Gasteiger charge is -2.07. The highest BCUT2D eigenvalue weighted by atomic mass is 19.1. The molecule has 104 valence electrons. The molecule has 0 fully saturated rings. The molecule has 2 aromatic carbocycles. The van der Waals surface area contributed by atoms with Crippen molar-refractivity contribution >= 4 is 5.78 Å². The van der Waals surface area contributed by atoms with E-state index in [9.17, 15) is 9.18 Å². The SMILES string of the molecule is Cc1ccc(F)c(C(=O)c2ccc(CC(C)C)cc2)c1. The highest BCUT2D eigenvalue weighted by Crippen LogP contribution is 2.17. The highest BCUT2D eigenvalue weighted by Gasteiger charge is 2.14. The van der Waals surface area contributed by atoms with Gasteiger partial charge in [-0.2, -0.15) is 0 Å². The molecule has 20 heavy (non-hydrogen) atoms. The zero-order valence-electron chi connectivity index (χ0n) is 12.1. The van der Waals surface area contributed by atoms with E-state index in [-0.39, 0.29) is 11.3 Å². The molecule has 0 bridgehead atoms. The molecule has 2 aromatic rings. The maximum atomic E-state index is 13.7. The van der Waals surface area contributed by atoms with Gasteiger partial charge in [0.25, 0.3) is 0 Å². The zero-order chi connectivity index (χ0) is 14.7. The average molecular weight is 270 g/mol. The summed E-state index contributed by atoms with van der Waals surface area (Å²) in [6.07, 6.45) is 0.979. The van der Waals surface area contributed by atoms with Crippen LogP contribution in [-0.4, -0.2) is 5.78 Å². The summed E-state index contributed by atoms with van der Waals surface area (Å²) in [6, 6.07) is 12.1. The molecular formula is C18H19FO. The number of hydrogen-bond donors (Lipinski definition) is 0. The summed E-state index contributed by atoms with van der Waals surface area (Å²) in [6.45, 7) is 6.16. The second-order valence-electron chi connectivity index (χ2n) is 5.61. The molecule has 0 aliphatic carbocycles. The van der Waals surface area contributed by atoms with Gasteiger partial charge in [0, 0.05) is 5.56 Å². The van der Waals surface area contributed by atoms with Crippen LogP contribution in [0.4, 0.5) is 4.39 Å². The molecule has 0 unspecified atom stereocenters. The number of carbonyl (C=O) groups excluding carboxylic acids is 1. The minimum absolute atomic E-state index is 0.140. The van der Waals surface area contributed by atoms with E-state index in [2.05, 4.69) is 13.8 Å². The summed E-state index contributed by atoms with van der Waals surface area (Å²) in [4.78, 5) is 12.3. The van der Waals surface area contributed by atoms with E-state index in [4.69, 9.17) is 0 Å². The largest absolute Gasteiger partial charge is 0.288 e. The van der Waals surface area contributed by atoms with Gasteiger partial charge in [-0.05, 0) is 37.0 Å². The lowest BCUT2D eigenvalue weighted by atomic mass is 9.97. The first-order valence-corrected chi connectivity index (χ1v) is 6.87. The summed E-state index contributed by atoms with van der Waals surface area (Å²) in [5, 5.41) is 0. The lowest BCUT2D eigenvalue weighted by Crippen LogP contribution is -2.05. The Morgan fingerprint density at radius 1 is 1.10 bits per heavy atom. The number of rotatable bonds is 4. The van der Waals surface area contributed by atoms with E-state index in [0.29, 0.717) is 11.5 Å². The third-order valence-electron chi connectivity index (χ3n) is 3.23. The van der Waals surface area contributed by atoms with Crippen molar-refractivity contribution in [3.63, 3.8) is 0 Å². The molecule has 0 heterocycles. The van der Waals surface area contributed by atoms with Crippen molar-refractivity contribution in [2.24, 2.45) is 5.92 Å². The van der Waals surface area contributed by atoms with Gasteiger partial charge >= 0.3 is 0 Å². The van der Waals surface area contributed by atoms with Crippen LogP contribution < -0.4 is 0 Å². The highest BCUT2D eigenvalue weighted by molar-refractivity contribution is 6.09. The van der Waals surface area contributed by atoms with Crippen LogP contribution in [0, 0.1) is 18.7 Å². The van der Waals surface area contributed by atoms with Crippen LogP contribution in [0.1, 0.15) is 40.9 Å². The first-order chi connectivity index (χ1) is 9.47. The number of aryl methyl sites for hydroxylation is 1. The van der Waals surface area contributed by atoms with Gasteiger partial charge in [-0.25, -0.2) is 4.39 Å². The smallest absolute Gasteiger partial charge is 0.195 e. The van der Waals surface area contributed by atoms with Crippen LogP contribution in [-0.2, 0) is 6.42 Å². The minimum atomic E-state index is -0.466. The maximum absolute atomic E-state index is 13.7. The van der Waals surface area contributed by atoms with Gasteiger partial charge in [0.1, 0.15) is 5.82 Å². The van der Waals surface area contributed by atoms with Crippen molar-refractivity contribution in [1.29, 1.82) is 0 Å². The second kappa shape index (κ2) is 6.00. The quantitative estimate of drug-likeness (QED) is 0.744. The fourth-order valence-electron chi connectivity index (χ4n) is 2.23. The van der Waals surface area contributed by atoms with Gasteiger partial charge in [0.15, 0.2) is 5.78 Å². The van der Waals surface area contributed by atoms with E-state index in [0.717, 1.165) is 12.0 Å². The van der Waals surface area contributed by atoms with Crippen molar-refractivity contribution < 1.29 is 9.18 Å². The first-order valence-electron chi connectivity index (χ1n) is 6.87. The van der Waals surface area contributed by atoms with E-state index in [1.807, 2.05) is 19.1 Å². The Morgan fingerprint density at radius 2 is 1.75 bits per heavy atom. The van der Waals surface area contributed by atoms with Gasteiger partial charge in [0.05, 0.1) is 5.56 Å². The summed E-state index contributed by atoms with van der Waals surface area (Å²) < 4.78 is 13.7. The van der Waals surface area contributed by atoms with E-state index in [1.54, 1.807) is 24.3 Å². The molecule has 0 aromatic heterocycles. The van der Waals surface area contributed by atoms with Crippen molar-refractivity contribution in [3.8, 4) is 0 Å². The van der Waals surface area contributed by atoms with Crippen molar-refractivity contribution in [2.45, 2.75) is 27.2 Å². The standard InChI is InChI=1S/C18H19FO/c1-12(2)10-14-5-7-15(8-6-14)18(20)16-11-13(3)4-9-17(16)19/h4-9,11-12H,10H2,1-3H3. The number of benzene rings is 2. The van der Waals surface area contributed by atoms with Gasteiger partial charge in [-0.3, -0.25) is 4.79 Å². The molecule has 0 radical (unpaired) electrons. The summed E-state index contributed by atoms with van der Waals surface area (Å²) in [7, 11) is 0. The molecule has 0 aliphatic rings. The number of carbonyl (C=O) groups is 1. The Bertz CT molecular complexity index is 612. The lowest BCUT2D eigenvalue weighted by molar-refractivity contribution is 0.103. The van der Waals surface area contributed by atoms with Crippen molar-refractivity contribution in [3.05, 3.63) is 70.5 Å². The second-order valence-corrected chi connectivity index (χ2v) is 5.61. The minimum Gasteiger partial charge on any atom is -0.288 e. The Labute approximate surface area is 119 Å². The molecule has 0 N–H and O–H groups in total. The van der Waals surface area contributed by atoms with Gasteiger partial charge < -0.3 is 0 Å². The molecule has 2 rings (SSSR count). The van der Waals surface area contributed by atoms with Crippen LogP contribution in [0.25, 0.3) is 0 Å². The van der Waals surface area contributed by atoms with Crippen molar-refractivity contribution in [1.82, 2.24) is 0 Å². The number of halogens is 1. The third-order valence-corrected chi connectivity index (χ3v) is 3.23. The summed E-state index contributed by atoms with van der Waals surface area (Å²) in [5.41, 5.74) is 2.75. The molecule has 2 heteroatoms. The van der Waals surface area contributed by atoms with E-state index in [1.165, 1.54) is 11.6 Å². The van der Waals surface area contributed by atoms with Crippen molar-refractivity contribution in [2.75, 3.05) is 0 Å². The Hall–Kier alpha value is -1.96. The van der Waals surface area contributed by atoms with Crippen LogP contribution in [0.2, 0.25) is 0 Å². The Kier molecular flexibility index (Phi) is 4.33. The third kappa shape index (κ3) is 3.32. The van der Waals surface area contributed by atoms with Crippen LogP contribution in [0.5, 0.6) is 0 Å². The maximum Gasteiger partial charge on any atom is 0.195 e. The zero-order valence-corrected chi connectivity index (χ0v) is 12.1. The average Bonchev–Trinajstić information content (AvgIpc) is 2.41. The predicted octanol–water partition coefficient (Wildman–Crippen LogP) is 4.56. The predicted molar refractivity (Wildman–Crippen MR) is 79.6 cm³/mol. The number of hydrogen-bond acceptors (Lipinski definition) is 1. The first kappa shape index (κ1) is 14.4. The molecule has 0 aliphatic heterocycles. The molecule has 0 saturated carbocycles. The fourth-order valence-corrected chi connectivity index (χ4v) is 2.23. The van der Waals surface area contributed by atoms with Crippen LogP contribution in [0.15, 0.2) is 42.5 Å². The topological polar surface area (TPSA) is 17.1 Å². The molecule has 1 nitrogen and oxygen atoms in total. The fraction of sp³-hybridized carbons (Fsp3) is 0.278. The monoisotopic (exact) mass is 270 g/mol. The van der Waals surface area contributed by atoms with E-state index < -0.39 is 5.82 Å². The molecular weight excluding hydrogens is 251 g/mol. The van der Waals surface area contributed by atoms with E-state index >= 15 is 0 Å². The summed E-state index contributed by atoms with van der Waals surface area (Å²) >= 11 is 0.